The van der Waals surface area contributed by atoms with Crippen LogP contribution in [-0.2, 0) is 5.88 Å². The smallest absolute Gasteiger partial charge is 0.262 e. The zero-order chi connectivity index (χ0) is 42.9. The molecule has 0 fully saturated rings. The lowest BCUT2D eigenvalue weighted by Crippen LogP contribution is -2.04. The quantitative estimate of drug-likeness (QED) is 0.0363. The minimum absolute atomic E-state index is 0.0298. The van der Waals surface area contributed by atoms with Crippen LogP contribution in [0.25, 0.3) is 37.5 Å². The van der Waals surface area contributed by atoms with E-state index in [1.807, 2.05) is 35.7 Å². The Bertz CT molecular complexity index is 2410. The van der Waals surface area contributed by atoms with Crippen LogP contribution >= 0.6 is 59.0 Å². The number of alkyl halides is 1. The van der Waals surface area contributed by atoms with E-state index in [9.17, 15) is 5.26 Å². The Balaban J connectivity index is 0.000000287. The van der Waals surface area contributed by atoms with Gasteiger partial charge in [-0.3, -0.25) is 0 Å². The fourth-order valence-electron chi connectivity index (χ4n) is 4.24. The Morgan fingerprint density at radius 3 is 1.95 bits per heavy atom. The molecule has 0 aliphatic heterocycles. The minimum Gasteiger partial charge on any atom is -0.491 e. The maximum Gasteiger partial charge on any atom is 0.262 e. The van der Waals surface area contributed by atoms with Crippen molar-refractivity contribution in [2.24, 2.45) is 5.73 Å². The first kappa shape index (κ1) is 47.8. The number of nitrogen functional groups attached to an aromatic ring is 1. The lowest BCUT2D eigenvalue weighted by molar-refractivity contribution is 0.201. The van der Waals surface area contributed by atoms with Crippen LogP contribution in [0, 0.1) is 51.8 Å². The van der Waals surface area contributed by atoms with Gasteiger partial charge < -0.3 is 36.1 Å². The van der Waals surface area contributed by atoms with Gasteiger partial charge >= 0.3 is 0 Å². The third-order valence-electron chi connectivity index (χ3n) is 6.76. The Labute approximate surface area is 359 Å². The molecule has 3 aromatic carbocycles. The van der Waals surface area contributed by atoms with Gasteiger partial charge in [0.2, 0.25) is 5.69 Å². The number of thiocarbonyl (C=S) groups is 1. The molecule has 0 unspecified atom stereocenters. The van der Waals surface area contributed by atoms with E-state index in [0.717, 1.165) is 26.9 Å². The van der Waals surface area contributed by atoms with Gasteiger partial charge in [0.05, 0.1) is 67.0 Å². The van der Waals surface area contributed by atoms with Crippen LogP contribution < -0.4 is 20.9 Å². The number of anilines is 1. The number of allylic oxidation sites excluding steroid dienone is 1. The van der Waals surface area contributed by atoms with Gasteiger partial charge in [0.1, 0.15) is 46.2 Å². The molecule has 2 aromatic heterocycles. The number of nitrogens with zero attached hydrogens (tertiary/aromatic N) is 6. The molecule has 7 N–H and O–H groups in total. The number of benzene rings is 3. The van der Waals surface area contributed by atoms with E-state index in [0.29, 0.717) is 28.5 Å². The normalized spacial score (nSPS) is 9.74. The fourth-order valence-corrected chi connectivity index (χ4v) is 5.74. The number of nitrogens with two attached hydrogens (primary N) is 2. The highest BCUT2D eigenvalue weighted by atomic mass is 35.5. The number of aliphatic hydroxyl groups is 2. The molecule has 5 aromatic rings. The van der Waals surface area contributed by atoms with E-state index >= 15 is 0 Å². The van der Waals surface area contributed by atoms with Crippen molar-refractivity contribution in [3.63, 3.8) is 0 Å². The van der Waals surface area contributed by atoms with Gasteiger partial charge in [-0.05, 0) is 53.6 Å². The number of aromatic amines is 1. The molecule has 0 saturated carbocycles. The molecule has 0 radical (unpaired) electrons. The number of nitriles is 3. The predicted molar refractivity (Wildman–Crippen MR) is 233 cm³/mol. The fraction of sp³-hybridized carbons (Fsp3) is 0.150. The van der Waals surface area contributed by atoms with E-state index in [1.54, 1.807) is 72.0 Å². The number of halogens is 2. The van der Waals surface area contributed by atoms with Crippen LogP contribution in [0.4, 0.5) is 11.5 Å². The molecule has 2 heterocycles. The summed E-state index contributed by atoms with van der Waals surface area (Å²) >= 11 is 22.5. The summed E-state index contributed by atoms with van der Waals surface area (Å²) in [5, 5.41) is 46.7. The molecule has 0 bridgehead atoms. The van der Waals surface area contributed by atoms with Crippen molar-refractivity contribution in [1.29, 1.82) is 15.8 Å². The number of ether oxygens (including phenoxy) is 2. The molecule has 13 nitrogen and oxygen atoms in total. The average molecular weight is 871 g/mol. The molecule has 0 aliphatic rings. The molecule has 0 aliphatic carbocycles. The van der Waals surface area contributed by atoms with Crippen LogP contribution in [0.15, 0.2) is 83.9 Å². The third-order valence-corrected chi connectivity index (χ3v) is 8.67. The van der Waals surface area contributed by atoms with Crippen molar-refractivity contribution < 1.29 is 19.7 Å². The van der Waals surface area contributed by atoms with E-state index < -0.39 is 0 Å². The Hall–Kier alpha value is -6.36. The van der Waals surface area contributed by atoms with Crippen LogP contribution in [0.3, 0.4) is 0 Å². The number of nitrogens with one attached hydrogen (secondary N) is 1. The van der Waals surface area contributed by atoms with Crippen molar-refractivity contribution in [2.45, 2.75) is 12.3 Å². The van der Waals surface area contributed by atoms with Gasteiger partial charge in [-0.25, -0.2) is 19.9 Å². The summed E-state index contributed by atoms with van der Waals surface area (Å²) in [6, 6.07) is 27.0. The van der Waals surface area contributed by atoms with Crippen molar-refractivity contribution in [1.82, 2.24) is 9.97 Å². The molecule has 0 atom stereocenters. The standard InChI is InChI=1S/C15H12N4O2S.C12H10N2O2.C10H7Cl2NS.C3H4N2S/c1-18-13-12(11(8-16)15(22)19-14(13)17)9-2-4-10(5-3-9)21-7-6-20;1-14-11(9-13)8-10-2-4-12(5-3-10)16-7-6-15;11-5-9-6-14-10(13-9)7-1-3-8(12)4-2-7;4-2-1-3(5)6/h2-5,20H,6-7H2,(H3,17,19,22);2-5,8,15H,6-7H2;1-4,6H,5H2;1H2,(H2,5,6)/b;11-8-;;. The lowest BCUT2D eigenvalue weighted by Gasteiger charge is -2.11. The average Bonchev–Trinajstić information content (AvgIpc) is 3.72. The summed E-state index contributed by atoms with van der Waals surface area (Å²) in [7, 11) is 0. The molecule has 0 saturated heterocycles. The molecule has 0 amide bonds. The number of pyridine rings is 1. The second-order valence-electron chi connectivity index (χ2n) is 10.8. The number of H-pyrrole nitrogens is 1. The first-order valence-corrected chi connectivity index (χ1v) is 19.0. The Morgan fingerprint density at radius 1 is 0.948 bits per heavy atom. The van der Waals surface area contributed by atoms with Crippen molar-refractivity contribution in [3.8, 4) is 51.4 Å². The number of aliphatic hydroxyl groups excluding tert-OH is 2. The summed E-state index contributed by atoms with van der Waals surface area (Å²) in [6.45, 7) is 14.3. The van der Waals surface area contributed by atoms with Crippen LogP contribution in [0.5, 0.6) is 11.5 Å². The van der Waals surface area contributed by atoms with Gasteiger partial charge in [-0.2, -0.15) is 10.5 Å². The SMILES string of the molecule is ClCc1csc(-c2ccc(Cl)cc2)n1.N#CCC(N)=S.[C-]#[N+]/C(C#N)=C\c1ccc(OCCO)cc1.[C-]#[N+]c1c(N)[nH]c(=S)c(C#N)c1-c1ccc(OCCO)cc1. The highest BCUT2D eigenvalue weighted by Crippen LogP contribution is 2.38. The number of thiazole rings is 1. The van der Waals surface area contributed by atoms with Crippen LogP contribution in [-0.4, -0.2) is 51.6 Å². The number of hydrogen-bond acceptors (Lipinski definition) is 12. The summed E-state index contributed by atoms with van der Waals surface area (Å²) in [4.78, 5) is 13.8. The van der Waals surface area contributed by atoms with Crippen molar-refractivity contribution in [2.75, 3.05) is 32.2 Å². The summed E-state index contributed by atoms with van der Waals surface area (Å²) < 4.78 is 10.6. The zero-order valence-electron chi connectivity index (χ0n) is 30.4. The van der Waals surface area contributed by atoms with E-state index in [1.165, 1.54) is 6.08 Å². The molecule has 58 heavy (non-hydrogen) atoms. The summed E-state index contributed by atoms with van der Waals surface area (Å²) in [5.41, 5.74) is 14.9. The number of aromatic nitrogens is 2. The second kappa shape index (κ2) is 26.5. The van der Waals surface area contributed by atoms with Gasteiger partial charge in [0, 0.05) is 21.5 Å². The first-order valence-electron chi connectivity index (χ1n) is 16.4. The summed E-state index contributed by atoms with van der Waals surface area (Å²) in [6.07, 6.45) is 1.69. The number of hydrogen-bond donors (Lipinski definition) is 5. The Morgan fingerprint density at radius 2 is 1.52 bits per heavy atom. The summed E-state index contributed by atoms with van der Waals surface area (Å²) in [5.74, 6) is 1.82. The Kier molecular flexibility index (Phi) is 21.8. The van der Waals surface area contributed by atoms with Gasteiger partial charge in [0.15, 0.2) is 0 Å². The maximum atomic E-state index is 9.31. The van der Waals surface area contributed by atoms with E-state index in [2.05, 4.69) is 31.9 Å². The van der Waals surface area contributed by atoms with Crippen LogP contribution in [0.1, 0.15) is 23.2 Å². The van der Waals surface area contributed by atoms with E-state index in [4.69, 9.17) is 90.2 Å². The largest absolute Gasteiger partial charge is 0.491 e. The highest BCUT2D eigenvalue weighted by molar-refractivity contribution is 7.80. The zero-order valence-corrected chi connectivity index (χ0v) is 34.3. The topological polar surface area (TPSA) is 220 Å². The third kappa shape index (κ3) is 16.0. The van der Waals surface area contributed by atoms with Crippen molar-refractivity contribution >= 4 is 81.5 Å². The number of rotatable bonds is 11. The molecular weight excluding hydrogens is 838 g/mol. The monoisotopic (exact) mass is 869 g/mol. The molecule has 5 rings (SSSR count). The minimum atomic E-state index is -0.0768. The van der Waals surface area contributed by atoms with Crippen LogP contribution in [0.2, 0.25) is 5.02 Å². The van der Waals surface area contributed by atoms with Crippen molar-refractivity contribution in [3.05, 3.63) is 133 Å². The maximum absolute atomic E-state index is 9.31. The molecular formula is C40H33Cl2N9O4S3. The van der Waals surface area contributed by atoms with Gasteiger partial charge in [0.25, 0.3) is 5.70 Å². The molecule has 0 spiro atoms. The molecule has 294 valence electrons. The van der Waals surface area contributed by atoms with E-state index in [-0.39, 0.29) is 65.2 Å². The van der Waals surface area contributed by atoms with Gasteiger partial charge in [-0.1, -0.05) is 72.4 Å². The predicted octanol–water partition coefficient (Wildman–Crippen LogP) is 9.02. The highest BCUT2D eigenvalue weighted by Gasteiger charge is 2.16. The second-order valence-corrected chi connectivity index (χ2v) is 13.3. The first-order chi connectivity index (χ1) is 28.0. The van der Waals surface area contributed by atoms with Gasteiger partial charge in [-0.15, -0.1) is 22.9 Å². The molecule has 18 heteroatoms. The lowest BCUT2D eigenvalue weighted by atomic mass is 10.00.